The van der Waals surface area contributed by atoms with E-state index in [1.54, 1.807) is 23.7 Å². The van der Waals surface area contributed by atoms with Crippen LogP contribution in [0.4, 0.5) is 0 Å². The number of aromatic nitrogens is 1. The fraction of sp³-hybridized carbons (Fsp3) is 0.188. The summed E-state index contributed by atoms with van der Waals surface area (Å²) in [5.41, 5.74) is 3.21. The quantitative estimate of drug-likeness (QED) is 0.782. The molecule has 0 radical (unpaired) electrons. The zero-order chi connectivity index (χ0) is 13.2. The Bertz CT molecular complexity index is 705. The smallest absolute Gasteiger partial charge is 0.0834 e. The highest BCUT2D eigenvalue weighted by atomic mass is 32.1. The van der Waals surface area contributed by atoms with E-state index in [4.69, 9.17) is 0 Å². The summed E-state index contributed by atoms with van der Waals surface area (Å²) in [7, 11) is 0. The Kier molecular flexibility index (Phi) is 3.32. The first kappa shape index (κ1) is 12.3. The lowest BCUT2D eigenvalue weighted by atomic mass is 9.99. The molecule has 2 aromatic heterocycles. The maximum absolute atomic E-state index is 10.4. The predicted octanol–water partition coefficient (Wildman–Crippen LogP) is 3.88. The van der Waals surface area contributed by atoms with Gasteiger partial charge in [0.15, 0.2) is 0 Å². The highest BCUT2D eigenvalue weighted by Crippen LogP contribution is 2.30. The summed E-state index contributed by atoms with van der Waals surface area (Å²) in [6.07, 6.45) is 3.71. The number of aryl methyl sites for hydroxylation is 1. The molecular formula is C16H15NOS. The molecule has 19 heavy (non-hydrogen) atoms. The Labute approximate surface area is 116 Å². The minimum Gasteiger partial charge on any atom is -0.388 e. The molecule has 3 aromatic rings. The van der Waals surface area contributed by atoms with E-state index in [1.165, 1.54) is 15.6 Å². The molecule has 0 amide bonds. The first-order valence-corrected chi connectivity index (χ1v) is 7.17. The van der Waals surface area contributed by atoms with Crippen LogP contribution in [0.2, 0.25) is 0 Å². The van der Waals surface area contributed by atoms with Crippen molar-refractivity contribution in [2.24, 2.45) is 0 Å². The van der Waals surface area contributed by atoms with Gasteiger partial charge in [0.05, 0.1) is 6.10 Å². The second kappa shape index (κ2) is 5.11. The fourth-order valence-electron chi connectivity index (χ4n) is 2.37. The molecule has 2 heterocycles. The van der Waals surface area contributed by atoms with E-state index in [9.17, 15) is 5.11 Å². The van der Waals surface area contributed by atoms with Crippen LogP contribution in [-0.4, -0.2) is 10.1 Å². The van der Waals surface area contributed by atoms with Gasteiger partial charge in [0.25, 0.3) is 0 Å². The van der Waals surface area contributed by atoms with Crippen LogP contribution in [0.3, 0.4) is 0 Å². The molecule has 0 saturated carbocycles. The van der Waals surface area contributed by atoms with E-state index < -0.39 is 6.10 Å². The first-order valence-electron chi connectivity index (χ1n) is 6.29. The van der Waals surface area contributed by atoms with Crippen molar-refractivity contribution >= 4 is 21.4 Å². The number of aliphatic hydroxyl groups is 1. The Balaban J connectivity index is 1.91. The summed E-state index contributed by atoms with van der Waals surface area (Å²) in [6.45, 7) is 1.98. The first-order chi connectivity index (χ1) is 9.25. The molecule has 3 rings (SSSR count). The van der Waals surface area contributed by atoms with Crippen LogP contribution in [0.5, 0.6) is 0 Å². The molecule has 0 aliphatic carbocycles. The van der Waals surface area contributed by atoms with Gasteiger partial charge >= 0.3 is 0 Å². The highest BCUT2D eigenvalue weighted by Gasteiger charge is 2.13. The number of aliphatic hydroxyl groups excluding tert-OH is 1. The van der Waals surface area contributed by atoms with Crippen molar-refractivity contribution in [1.82, 2.24) is 4.98 Å². The number of benzene rings is 1. The lowest BCUT2D eigenvalue weighted by Crippen LogP contribution is -2.03. The van der Waals surface area contributed by atoms with Crippen molar-refractivity contribution in [3.05, 3.63) is 64.8 Å². The molecule has 0 aliphatic rings. The second-order valence-electron chi connectivity index (χ2n) is 4.71. The fourth-order valence-corrected chi connectivity index (χ4v) is 3.34. The van der Waals surface area contributed by atoms with Crippen LogP contribution in [0, 0.1) is 6.92 Å². The monoisotopic (exact) mass is 269 g/mol. The minimum absolute atomic E-state index is 0.471. The van der Waals surface area contributed by atoms with Gasteiger partial charge < -0.3 is 5.11 Å². The van der Waals surface area contributed by atoms with E-state index >= 15 is 0 Å². The largest absolute Gasteiger partial charge is 0.388 e. The SMILES string of the molecule is Cc1cnccc1C(O)Cc1csc2ccccc12. The van der Waals surface area contributed by atoms with Gasteiger partial charge in [0.2, 0.25) is 0 Å². The Morgan fingerprint density at radius 2 is 2.11 bits per heavy atom. The van der Waals surface area contributed by atoms with E-state index in [-0.39, 0.29) is 0 Å². The standard InChI is InChI=1S/C16H15NOS/c1-11-9-17-7-6-13(11)15(18)8-12-10-19-16-5-3-2-4-14(12)16/h2-7,9-10,15,18H,8H2,1H3. The van der Waals surface area contributed by atoms with Crippen LogP contribution >= 0.6 is 11.3 Å². The maximum Gasteiger partial charge on any atom is 0.0834 e. The molecule has 0 saturated heterocycles. The molecule has 0 spiro atoms. The zero-order valence-corrected chi connectivity index (χ0v) is 11.5. The van der Waals surface area contributed by atoms with Gasteiger partial charge in [-0.3, -0.25) is 4.98 Å². The molecule has 1 N–H and O–H groups in total. The lowest BCUT2D eigenvalue weighted by Gasteiger charge is -2.12. The van der Waals surface area contributed by atoms with Crippen molar-refractivity contribution in [2.75, 3.05) is 0 Å². The number of thiophene rings is 1. The third-order valence-corrected chi connectivity index (χ3v) is 4.41. The third kappa shape index (κ3) is 2.39. The van der Waals surface area contributed by atoms with E-state index in [0.29, 0.717) is 6.42 Å². The topological polar surface area (TPSA) is 33.1 Å². The van der Waals surface area contributed by atoms with Crippen LogP contribution in [0.25, 0.3) is 10.1 Å². The molecule has 1 atom stereocenters. The van der Waals surface area contributed by atoms with Crippen molar-refractivity contribution in [3.8, 4) is 0 Å². The number of hydrogen-bond donors (Lipinski definition) is 1. The van der Waals surface area contributed by atoms with Crippen molar-refractivity contribution in [1.29, 1.82) is 0 Å². The molecule has 0 aliphatic heterocycles. The molecule has 3 heteroatoms. The van der Waals surface area contributed by atoms with E-state index in [2.05, 4.69) is 22.5 Å². The summed E-state index contributed by atoms with van der Waals surface area (Å²) in [4.78, 5) is 4.07. The summed E-state index contributed by atoms with van der Waals surface area (Å²) in [5, 5.41) is 13.8. The van der Waals surface area contributed by atoms with Gasteiger partial charge in [-0.2, -0.15) is 0 Å². The van der Waals surface area contributed by atoms with Gasteiger partial charge in [-0.1, -0.05) is 18.2 Å². The van der Waals surface area contributed by atoms with Gasteiger partial charge in [0.1, 0.15) is 0 Å². The summed E-state index contributed by atoms with van der Waals surface area (Å²) >= 11 is 1.73. The lowest BCUT2D eigenvalue weighted by molar-refractivity contribution is 0.178. The molecular weight excluding hydrogens is 254 g/mol. The molecule has 0 fully saturated rings. The number of pyridine rings is 1. The third-order valence-electron chi connectivity index (χ3n) is 3.40. The molecule has 1 aromatic carbocycles. The maximum atomic E-state index is 10.4. The number of hydrogen-bond acceptors (Lipinski definition) is 3. The van der Waals surface area contributed by atoms with Gasteiger partial charge in [-0.25, -0.2) is 0 Å². The Morgan fingerprint density at radius 1 is 1.26 bits per heavy atom. The van der Waals surface area contributed by atoms with Crippen LogP contribution < -0.4 is 0 Å². The predicted molar refractivity (Wildman–Crippen MR) is 79.5 cm³/mol. The zero-order valence-electron chi connectivity index (χ0n) is 10.7. The van der Waals surface area contributed by atoms with Crippen molar-refractivity contribution in [2.45, 2.75) is 19.4 Å². The van der Waals surface area contributed by atoms with Crippen molar-refractivity contribution < 1.29 is 5.11 Å². The molecule has 1 unspecified atom stereocenters. The molecule has 0 bridgehead atoms. The van der Waals surface area contributed by atoms with Gasteiger partial charge in [-0.05, 0) is 46.5 Å². The van der Waals surface area contributed by atoms with Gasteiger partial charge in [-0.15, -0.1) is 11.3 Å². The number of rotatable bonds is 3. The number of nitrogens with zero attached hydrogens (tertiary/aromatic N) is 1. The van der Waals surface area contributed by atoms with E-state index in [0.717, 1.165) is 11.1 Å². The highest BCUT2D eigenvalue weighted by molar-refractivity contribution is 7.17. The van der Waals surface area contributed by atoms with E-state index in [1.807, 2.05) is 25.1 Å². The average Bonchev–Trinajstić information content (AvgIpc) is 2.83. The summed E-state index contributed by atoms with van der Waals surface area (Å²) in [5.74, 6) is 0. The molecule has 2 nitrogen and oxygen atoms in total. The van der Waals surface area contributed by atoms with Crippen LogP contribution in [0.1, 0.15) is 22.8 Å². The normalized spacial score (nSPS) is 12.7. The minimum atomic E-state index is -0.471. The van der Waals surface area contributed by atoms with Crippen LogP contribution in [0.15, 0.2) is 48.1 Å². The van der Waals surface area contributed by atoms with Crippen molar-refractivity contribution in [3.63, 3.8) is 0 Å². The summed E-state index contributed by atoms with van der Waals surface area (Å²) < 4.78 is 1.27. The average molecular weight is 269 g/mol. The van der Waals surface area contributed by atoms with Crippen LogP contribution in [-0.2, 0) is 6.42 Å². The second-order valence-corrected chi connectivity index (χ2v) is 5.62. The Morgan fingerprint density at radius 3 is 2.95 bits per heavy atom. The molecule has 96 valence electrons. The summed E-state index contributed by atoms with van der Waals surface area (Å²) in [6, 6.07) is 10.2. The number of fused-ring (bicyclic) bond motifs is 1. The Hall–Kier alpha value is -1.71. The van der Waals surface area contributed by atoms with Gasteiger partial charge in [0, 0.05) is 23.5 Å².